The van der Waals surface area contributed by atoms with E-state index in [0.717, 1.165) is 11.8 Å². The Balaban J connectivity index is 2.11. The highest BCUT2D eigenvalue weighted by Gasteiger charge is 2.15. The fourth-order valence-corrected chi connectivity index (χ4v) is 2.66. The first-order valence-electron chi connectivity index (χ1n) is 7.12. The van der Waals surface area contributed by atoms with Gasteiger partial charge in [0, 0.05) is 26.2 Å². The van der Waals surface area contributed by atoms with Gasteiger partial charge in [0.25, 0.3) is 5.91 Å². The minimum absolute atomic E-state index is 0.109. The highest BCUT2D eigenvalue weighted by Crippen LogP contribution is 2.17. The van der Waals surface area contributed by atoms with Crippen LogP contribution in [0.25, 0.3) is 0 Å². The summed E-state index contributed by atoms with van der Waals surface area (Å²) in [5.41, 5.74) is 2.10. The van der Waals surface area contributed by atoms with Crippen LogP contribution in [0.2, 0.25) is 0 Å². The minimum atomic E-state index is -3.31. The highest BCUT2D eigenvalue weighted by molar-refractivity contribution is 7.92. The summed E-state index contributed by atoms with van der Waals surface area (Å²) < 4.78 is 24.2. The van der Waals surface area contributed by atoms with E-state index in [-0.39, 0.29) is 5.91 Å². The third kappa shape index (κ3) is 4.32. The van der Waals surface area contributed by atoms with Crippen molar-refractivity contribution in [3.8, 4) is 0 Å². The molecule has 6 heteroatoms. The van der Waals surface area contributed by atoms with Crippen molar-refractivity contribution in [1.29, 1.82) is 0 Å². The molecule has 0 aliphatic rings. The molecule has 122 valence electrons. The first-order chi connectivity index (χ1) is 10.8. The molecular weight excluding hydrogens is 312 g/mol. The normalized spacial score (nSPS) is 11.1. The van der Waals surface area contributed by atoms with Gasteiger partial charge in [0.1, 0.15) is 0 Å². The fourth-order valence-electron chi connectivity index (χ4n) is 2.15. The molecule has 2 rings (SSSR count). The van der Waals surface area contributed by atoms with Gasteiger partial charge < -0.3 is 4.90 Å². The van der Waals surface area contributed by atoms with Gasteiger partial charge in [-0.1, -0.05) is 30.3 Å². The van der Waals surface area contributed by atoms with Gasteiger partial charge in [-0.25, -0.2) is 8.42 Å². The molecule has 2 aromatic carbocycles. The van der Waals surface area contributed by atoms with E-state index in [1.165, 1.54) is 11.4 Å². The van der Waals surface area contributed by atoms with Crippen molar-refractivity contribution < 1.29 is 13.2 Å². The van der Waals surface area contributed by atoms with Crippen molar-refractivity contribution in [1.82, 2.24) is 4.90 Å². The molecule has 0 saturated carbocycles. The van der Waals surface area contributed by atoms with E-state index in [1.54, 1.807) is 36.2 Å². The average Bonchev–Trinajstić information content (AvgIpc) is 2.53. The molecule has 0 spiro atoms. The highest BCUT2D eigenvalue weighted by atomic mass is 32.2. The number of carbonyl (C=O) groups is 1. The number of anilines is 1. The maximum absolute atomic E-state index is 12.4. The lowest BCUT2D eigenvalue weighted by atomic mass is 10.1. The van der Waals surface area contributed by atoms with Crippen LogP contribution in [0, 0.1) is 0 Å². The Kier molecular flexibility index (Phi) is 5.05. The number of carbonyl (C=O) groups excluding carboxylic acids is 1. The minimum Gasteiger partial charge on any atom is -0.337 e. The topological polar surface area (TPSA) is 57.7 Å². The van der Waals surface area contributed by atoms with Gasteiger partial charge in [-0.15, -0.1) is 0 Å². The van der Waals surface area contributed by atoms with E-state index in [9.17, 15) is 13.2 Å². The summed E-state index contributed by atoms with van der Waals surface area (Å²) in [6.07, 6.45) is 1.14. The van der Waals surface area contributed by atoms with E-state index in [1.807, 2.05) is 30.3 Å². The number of benzene rings is 2. The van der Waals surface area contributed by atoms with Crippen molar-refractivity contribution in [2.75, 3.05) is 24.7 Å². The van der Waals surface area contributed by atoms with Gasteiger partial charge in [-0.3, -0.25) is 9.10 Å². The molecular formula is C17H20N2O3S. The Morgan fingerprint density at radius 2 is 1.52 bits per heavy atom. The van der Waals surface area contributed by atoms with E-state index < -0.39 is 10.0 Å². The van der Waals surface area contributed by atoms with Crippen LogP contribution in [-0.4, -0.2) is 39.6 Å². The van der Waals surface area contributed by atoms with Crippen LogP contribution in [0.5, 0.6) is 0 Å². The molecule has 23 heavy (non-hydrogen) atoms. The molecule has 0 aromatic heterocycles. The van der Waals surface area contributed by atoms with E-state index in [0.29, 0.717) is 17.8 Å². The molecule has 0 aliphatic carbocycles. The van der Waals surface area contributed by atoms with Crippen molar-refractivity contribution in [2.45, 2.75) is 6.54 Å². The zero-order chi connectivity index (χ0) is 17.0. The summed E-state index contributed by atoms with van der Waals surface area (Å²) in [6.45, 7) is 0.519. The largest absolute Gasteiger partial charge is 0.337 e. The summed E-state index contributed by atoms with van der Waals surface area (Å²) in [6, 6.07) is 16.3. The van der Waals surface area contributed by atoms with Crippen LogP contribution >= 0.6 is 0 Å². The predicted molar refractivity (Wildman–Crippen MR) is 91.9 cm³/mol. The molecule has 0 aliphatic heterocycles. The van der Waals surface area contributed by atoms with Gasteiger partial charge in [0.2, 0.25) is 10.0 Å². The monoisotopic (exact) mass is 332 g/mol. The molecule has 1 amide bonds. The molecule has 0 saturated heterocycles. The van der Waals surface area contributed by atoms with Crippen LogP contribution in [0.3, 0.4) is 0 Å². The Hall–Kier alpha value is -2.34. The summed E-state index contributed by atoms with van der Waals surface area (Å²) in [5.74, 6) is -0.109. The smallest absolute Gasteiger partial charge is 0.253 e. The molecule has 0 fully saturated rings. The number of nitrogens with zero attached hydrogens (tertiary/aromatic N) is 2. The summed E-state index contributed by atoms with van der Waals surface area (Å²) in [7, 11) is -0.0862. The number of rotatable bonds is 5. The lowest BCUT2D eigenvalue weighted by Crippen LogP contribution is -2.27. The maximum Gasteiger partial charge on any atom is 0.253 e. The van der Waals surface area contributed by atoms with Crippen molar-refractivity contribution in [3.05, 3.63) is 65.7 Å². The number of sulfonamides is 1. The van der Waals surface area contributed by atoms with E-state index in [4.69, 9.17) is 0 Å². The van der Waals surface area contributed by atoms with Gasteiger partial charge >= 0.3 is 0 Å². The quantitative estimate of drug-likeness (QED) is 0.844. The molecule has 2 aromatic rings. The van der Waals surface area contributed by atoms with Crippen molar-refractivity contribution in [3.63, 3.8) is 0 Å². The molecule has 0 atom stereocenters. The second kappa shape index (κ2) is 6.83. The predicted octanol–water partition coefficient (Wildman–Crippen LogP) is 2.35. The Morgan fingerprint density at radius 1 is 0.957 bits per heavy atom. The Labute approximate surface area is 137 Å². The van der Waals surface area contributed by atoms with E-state index >= 15 is 0 Å². The lowest BCUT2D eigenvalue weighted by molar-refractivity contribution is 0.0785. The number of hydrogen-bond acceptors (Lipinski definition) is 3. The van der Waals surface area contributed by atoms with Crippen LogP contribution in [0.15, 0.2) is 54.6 Å². The molecule has 5 nitrogen and oxygen atoms in total. The zero-order valence-electron chi connectivity index (χ0n) is 13.4. The summed E-state index contributed by atoms with van der Waals surface area (Å²) in [4.78, 5) is 14.1. The van der Waals surface area contributed by atoms with Crippen LogP contribution in [0.1, 0.15) is 15.9 Å². The SMILES string of the molecule is CN(Cc1ccccc1)C(=O)c1ccc(N(C)S(C)(=O)=O)cc1. The molecule has 0 radical (unpaired) electrons. The molecule has 0 unspecified atom stereocenters. The first-order valence-corrected chi connectivity index (χ1v) is 8.97. The van der Waals surface area contributed by atoms with Gasteiger partial charge in [-0.05, 0) is 29.8 Å². The standard InChI is InChI=1S/C17H20N2O3S/c1-18(13-14-7-5-4-6-8-14)17(20)15-9-11-16(12-10-15)19(2)23(3,21)22/h4-12H,13H2,1-3H3. The number of amides is 1. The lowest BCUT2D eigenvalue weighted by Gasteiger charge is -2.19. The van der Waals surface area contributed by atoms with Crippen LogP contribution < -0.4 is 4.31 Å². The number of hydrogen-bond donors (Lipinski definition) is 0. The summed E-state index contributed by atoms with van der Waals surface area (Å²) >= 11 is 0. The maximum atomic E-state index is 12.4. The Morgan fingerprint density at radius 3 is 2.04 bits per heavy atom. The molecule has 0 N–H and O–H groups in total. The third-order valence-electron chi connectivity index (χ3n) is 3.58. The average molecular weight is 332 g/mol. The van der Waals surface area contributed by atoms with Gasteiger partial charge in [-0.2, -0.15) is 0 Å². The summed E-state index contributed by atoms with van der Waals surface area (Å²) in [5, 5.41) is 0. The van der Waals surface area contributed by atoms with Gasteiger partial charge in [0.15, 0.2) is 0 Å². The van der Waals surface area contributed by atoms with Crippen LogP contribution in [-0.2, 0) is 16.6 Å². The molecule has 0 heterocycles. The van der Waals surface area contributed by atoms with Crippen molar-refractivity contribution >= 4 is 21.6 Å². The second-order valence-corrected chi connectivity index (χ2v) is 7.44. The first kappa shape index (κ1) is 17.0. The van der Waals surface area contributed by atoms with Crippen LogP contribution in [0.4, 0.5) is 5.69 Å². The third-order valence-corrected chi connectivity index (χ3v) is 4.79. The zero-order valence-corrected chi connectivity index (χ0v) is 14.2. The van der Waals surface area contributed by atoms with Crippen molar-refractivity contribution in [2.24, 2.45) is 0 Å². The second-order valence-electron chi connectivity index (χ2n) is 5.42. The van der Waals surface area contributed by atoms with E-state index in [2.05, 4.69) is 0 Å². The van der Waals surface area contributed by atoms with Gasteiger partial charge in [0.05, 0.1) is 11.9 Å². The molecule has 0 bridgehead atoms. The fraction of sp³-hybridized carbons (Fsp3) is 0.235. The Bertz CT molecular complexity index is 771.